The van der Waals surface area contributed by atoms with Crippen LogP contribution in [-0.2, 0) is 27.6 Å². The molecular weight excluding hydrogens is 410 g/mol. The number of aromatic nitrogens is 2. The molecular formula is C20H27N3O4S2. The Labute approximate surface area is 176 Å². The van der Waals surface area contributed by atoms with Gasteiger partial charge in [0.05, 0.1) is 25.5 Å². The third-order valence-electron chi connectivity index (χ3n) is 5.28. The minimum Gasteiger partial charge on any atom is -0.473 e. The van der Waals surface area contributed by atoms with Crippen LogP contribution in [0.5, 0.6) is 5.88 Å². The largest absolute Gasteiger partial charge is 0.473 e. The number of hydrogen-bond acceptors (Lipinski definition) is 7. The first-order chi connectivity index (χ1) is 13.9. The van der Waals surface area contributed by atoms with Crippen molar-refractivity contribution in [2.24, 2.45) is 0 Å². The molecule has 0 bridgehead atoms. The number of hydrogen-bond donors (Lipinski definition) is 0. The van der Waals surface area contributed by atoms with E-state index in [1.807, 2.05) is 0 Å². The van der Waals surface area contributed by atoms with Gasteiger partial charge in [-0.1, -0.05) is 19.9 Å². The van der Waals surface area contributed by atoms with Crippen molar-refractivity contribution in [3.05, 3.63) is 34.6 Å². The zero-order valence-electron chi connectivity index (χ0n) is 16.8. The number of ether oxygens (including phenoxy) is 2. The normalized spacial score (nSPS) is 21.0. The van der Waals surface area contributed by atoms with Gasteiger partial charge in [-0.3, -0.25) is 0 Å². The van der Waals surface area contributed by atoms with Crippen molar-refractivity contribution in [1.82, 2.24) is 14.3 Å². The van der Waals surface area contributed by atoms with Crippen LogP contribution < -0.4 is 4.74 Å². The number of thiophene rings is 1. The van der Waals surface area contributed by atoms with Crippen LogP contribution in [0.4, 0.5) is 0 Å². The zero-order valence-corrected chi connectivity index (χ0v) is 18.5. The SMILES string of the molecule is CC(C)c1nc2c(c(OC3CCCN(S(=O)(=O)c4cccs4)C3)n1)CCOCC2. The summed E-state index contributed by atoms with van der Waals surface area (Å²) in [5, 5.41) is 1.79. The fraction of sp³-hybridized carbons (Fsp3) is 0.600. The monoisotopic (exact) mass is 437 g/mol. The lowest BCUT2D eigenvalue weighted by Gasteiger charge is -2.32. The Morgan fingerprint density at radius 3 is 2.86 bits per heavy atom. The van der Waals surface area contributed by atoms with Gasteiger partial charge in [-0.25, -0.2) is 13.4 Å². The van der Waals surface area contributed by atoms with Crippen molar-refractivity contribution in [3.8, 4) is 5.88 Å². The lowest BCUT2D eigenvalue weighted by Crippen LogP contribution is -2.44. The highest BCUT2D eigenvalue weighted by Gasteiger charge is 2.32. The minimum atomic E-state index is -3.47. The number of rotatable bonds is 5. The Hall–Kier alpha value is -1.55. The Bertz CT molecular complexity index is 945. The molecule has 0 radical (unpaired) electrons. The molecule has 4 heterocycles. The average molecular weight is 438 g/mol. The van der Waals surface area contributed by atoms with E-state index in [4.69, 9.17) is 19.4 Å². The molecule has 1 atom stereocenters. The maximum atomic E-state index is 12.9. The number of sulfonamides is 1. The van der Waals surface area contributed by atoms with E-state index in [0.717, 1.165) is 36.3 Å². The van der Waals surface area contributed by atoms with Gasteiger partial charge in [0, 0.05) is 30.9 Å². The van der Waals surface area contributed by atoms with E-state index in [1.54, 1.807) is 21.8 Å². The minimum absolute atomic E-state index is 0.189. The van der Waals surface area contributed by atoms with Crippen molar-refractivity contribution >= 4 is 21.4 Å². The molecule has 0 N–H and O–H groups in total. The fourth-order valence-electron chi connectivity index (χ4n) is 3.70. The van der Waals surface area contributed by atoms with Crippen LogP contribution >= 0.6 is 11.3 Å². The maximum Gasteiger partial charge on any atom is 0.252 e. The first kappa shape index (κ1) is 20.7. The Morgan fingerprint density at radius 1 is 1.28 bits per heavy atom. The van der Waals surface area contributed by atoms with Crippen molar-refractivity contribution in [2.75, 3.05) is 26.3 Å². The van der Waals surface area contributed by atoms with Crippen molar-refractivity contribution in [1.29, 1.82) is 0 Å². The van der Waals surface area contributed by atoms with Crippen LogP contribution in [-0.4, -0.2) is 55.1 Å². The van der Waals surface area contributed by atoms with Crippen molar-refractivity contribution in [3.63, 3.8) is 0 Å². The Balaban J connectivity index is 1.58. The molecule has 0 aliphatic carbocycles. The quantitative estimate of drug-likeness (QED) is 0.715. The molecule has 29 heavy (non-hydrogen) atoms. The fourth-order valence-corrected chi connectivity index (χ4v) is 6.35. The Kier molecular flexibility index (Phi) is 6.19. The van der Waals surface area contributed by atoms with Gasteiger partial charge >= 0.3 is 0 Å². The van der Waals surface area contributed by atoms with Gasteiger partial charge < -0.3 is 9.47 Å². The summed E-state index contributed by atoms with van der Waals surface area (Å²) < 4.78 is 39.7. The van der Waals surface area contributed by atoms with Crippen LogP contribution in [0.15, 0.2) is 21.7 Å². The molecule has 0 aromatic carbocycles. The molecule has 1 fully saturated rings. The van der Waals surface area contributed by atoms with Gasteiger partial charge in [0.15, 0.2) is 0 Å². The molecule has 9 heteroatoms. The molecule has 4 rings (SSSR count). The van der Waals surface area contributed by atoms with Crippen molar-refractivity contribution in [2.45, 2.75) is 55.8 Å². The van der Waals surface area contributed by atoms with Gasteiger partial charge in [0.25, 0.3) is 10.0 Å². The van der Waals surface area contributed by atoms with E-state index in [0.29, 0.717) is 42.8 Å². The summed E-state index contributed by atoms with van der Waals surface area (Å²) in [4.78, 5) is 9.44. The highest BCUT2D eigenvalue weighted by Crippen LogP contribution is 2.29. The predicted octanol–water partition coefficient (Wildman–Crippen LogP) is 3.01. The summed E-state index contributed by atoms with van der Waals surface area (Å²) in [5.74, 6) is 1.55. The summed E-state index contributed by atoms with van der Waals surface area (Å²) in [5.41, 5.74) is 2.00. The van der Waals surface area contributed by atoms with E-state index < -0.39 is 10.0 Å². The van der Waals surface area contributed by atoms with Gasteiger partial charge in [0.2, 0.25) is 5.88 Å². The van der Waals surface area contributed by atoms with Crippen LogP contribution in [0.1, 0.15) is 49.7 Å². The van der Waals surface area contributed by atoms with Gasteiger partial charge in [-0.15, -0.1) is 11.3 Å². The van der Waals surface area contributed by atoms with Gasteiger partial charge in [-0.2, -0.15) is 9.29 Å². The average Bonchev–Trinajstić information content (AvgIpc) is 3.15. The third kappa shape index (κ3) is 4.47. The topological polar surface area (TPSA) is 81.6 Å². The highest BCUT2D eigenvalue weighted by molar-refractivity contribution is 7.91. The number of piperidine rings is 1. The van der Waals surface area contributed by atoms with Gasteiger partial charge in [0.1, 0.15) is 16.1 Å². The molecule has 2 aromatic rings. The number of nitrogens with zero attached hydrogens (tertiary/aromatic N) is 3. The third-order valence-corrected chi connectivity index (χ3v) is 8.51. The van der Waals surface area contributed by atoms with Crippen LogP contribution in [0, 0.1) is 0 Å². The first-order valence-corrected chi connectivity index (χ1v) is 12.4. The molecule has 1 unspecified atom stereocenters. The van der Waals surface area contributed by atoms with E-state index >= 15 is 0 Å². The summed E-state index contributed by atoms with van der Waals surface area (Å²) in [6, 6.07) is 3.42. The second-order valence-electron chi connectivity index (χ2n) is 7.76. The lowest BCUT2D eigenvalue weighted by molar-refractivity contribution is 0.121. The summed E-state index contributed by atoms with van der Waals surface area (Å²) in [7, 11) is -3.47. The number of fused-ring (bicyclic) bond motifs is 1. The van der Waals surface area contributed by atoms with Crippen LogP contribution in [0.25, 0.3) is 0 Å². The van der Waals surface area contributed by atoms with Crippen molar-refractivity contribution < 1.29 is 17.9 Å². The maximum absolute atomic E-state index is 12.9. The molecule has 0 amide bonds. The van der Waals surface area contributed by atoms with E-state index in [9.17, 15) is 8.42 Å². The molecule has 1 saturated heterocycles. The lowest BCUT2D eigenvalue weighted by atomic mass is 10.1. The van der Waals surface area contributed by atoms with E-state index in [2.05, 4.69) is 13.8 Å². The van der Waals surface area contributed by atoms with Gasteiger partial charge in [-0.05, 0) is 24.3 Å². The summed E-state index contributed by atoms with van der Waals surface area (Å²) in [6.07, 6.45) is 2.82. The standard InChI is InChI=1S/C20H27N3O4S2/c1-14(2)19-21-17-8-11-26-10-7-16(17)20(22-19)27-15-5-3-9-23(13-15)29(24,25)18-6-4-12-28-18/h4,6,12,14-15H,3,5,7-11,13H2,1-2H3. The smallest absolute Gasteiger partial charge is 0.252 e. The molecule has 7 nitrogen and oxygen atoms in total. The van der Waals surface area contributed by atoms with E-state index in [-0.39, 0.29) is 12.0 Å². The molecule has 2 aromatic heterocycles. The first-order valence-electron chi connectivity index (χ1n) is 10.1. The molecule has 2 aliphatic rings. The zero-order chi connectivity index (χ0) is 20.4. The second-order valence-corrected chi connectivity index (χ2v) is 10.9. The second kappa shape index (κ2) is 8.67. The molecule has 0 saturated carbocycles. The summed E-state index contributed by atoms with van der Waals surface area (Å²) in [6.45, 7) is 6.26. The molecule has 2 aliphatic heterocycles. The molecule has 0 spiro atoms. The van der Waals surface area contributed by atoms with E-state index in [1.165, 1.54) is 11.3 Å². The summed E-state index contributed by atoms with van der Waals surface area (Å²) >= 11 is 1.25. The van der Waals surface area contributed by atoms with Crippen LogP contribution in [0.3, 0.4) is 0 Å². The Morgan fingerprint density at radius 2 is 2.10 bits per heavy atom. The molecule has 158 valence electrons. The van der Waals surface area contributed by atoms with Crippen LogP contribution in [0.2, 0.25) is 0 Å². The predicted molar refractivity (Wildman–Crippen MR) is 111 cm³/mol. The highest BCUT2D eigenvalue weighted by atomic mass is 32.2.